The van der Waals surface area contributed by atoms with Crippen LogP contribution in [-0.4, -0.2) is 42.0 Å². The number of benzene rings is 1. The molecule has 8 bridgehead atoms. The summed E-state index contributed by atoms with van der Waals surface area (Å²) in [4.78, 5) is 34.9. The minimum absolute atomic E-state index is 0.343. The van der Waals surface area contributed by atoms with Gasteiger partial charge in [0, 0.05) is 27.6 Å². The normalized spacial score (nSPS) is 13.6. The highest BCUT2D eigenvalue weighted by molar-refractivity contribution is 7.51. The molecule has 4 aromatic rings. The van der Waals surface area contributed by atoms with Gasteiger partial charge >= 0.3 is 7.60 Å². The van der Waals surface area contributed by atoms with E-state index < -0.39 is 13.7 Å². The molecule has 2 aliphatic heterocycles. The van der Waals surface area contributed by atoms with Crippen molar-refractivity contribution in [2.75, 3.05) is 6.16 Å². The first-order chi connectivity index (χ1) is 18.3. The average Bonchev–Trinajstić information content (AvgIpc) is 3.65. The zero-order valence-corrected chi connectivity index (χ0v) is 21.4. The molecule has 2 aliphatic rings. The molecule has 0 aliphatic carbocycles. The molecule has 38 heavy (non-hydrogen) atoms. The summed E-state index contributed by atoms with van der Waals surface area (Å²) in [5.74, 6) is 0.533. The summed E-state index contributed by atoms with van der Waals surface area (Å²) < 4.78 is 17.0. The molecule has 1 unspecified atom stereocenters. The van der Waals surface area contributed by atoms with Gasteiger partial charge in [0.2, 0.25) is 0 Å². The van der Waals surface area contributed by atoms with Crippen LogP contribution in [-0.2, 0) is 4.57 Å². The number of nitrogens with zero attached hydrogens (tertiary/aromatic N) is 2. The molecule has 9 heteroatoms. The summed E-state index contributed by atoms with van der Waals surface area (Å²) in [6.07, 6.45) is 7.00. The van der Waals surface area contributed by atoms with E-state index in [0.717, 1.165) is 56.0 Å². The Kier molecular flexibility index (Phi) is 6.08. The largest absolute Gasteiger partial charge is 0.490 e. The Labute approximate surface area is 218 Å². The lowest BCUT2D eigenvalue weighted by atomic mass is 10.0. The molecule has 3 aromatic heterocycles. The van der Waals surface area contributed by atoms with E-state index in [1.807, 2.05) is 78.9 Å². The van der Waals surface area contributed by atoms with Gasteiger partial charge in [-0.25, -0.2) is 9.97 Å². The van der Waals surface area contributed by atoms with E-state index in [1.165, 1.54) is 0 Å². The van der Waals surface area contributed by atoms with Crippen LogP contribution in [0.4, 0.5) is 0 Å². The lowest BCUT2D eigenvalue weighted by molar-refractivity contribution is 0.233. The smallest absolute Gasteiger partial charge is 0.329 e. The standard InChI is InChI=1S/C29H25N4O4P/c1-18(17-38(34,35)36)37-26-10-2-19(3-11-26)29-27-12-8-24(32-27)15-22-6-4-20(30-22)14-21-5-7-23(31-21)16-25-9-13-28(29)33-25/h2-16,18,30,33H,17H2,1H3,(H2,34,35,36). The van der Waals surface area contributed by atoms with Crippen molar-refractivity contribution in [2.45, 2.75) is 13.0 Å². The fourth-order valence-electron chi connectivity index (χ4n) is 4.62. The van der Waals surface area contributed by atoms with Gasteiger partial charge in [-0.3, -0.25) is 4.57 Å². The van der Waals surface area contributed by atoms with Crippen molar-refractivity contribution in [3.05, 3.63) is 89.5 Å². The van der Waals surface area contributed by atoms with Crippen molar-refractivity contribution in [2.24, 2.45) is 0 Å². The van der Waals surface area contributed by atoms with E-state index in [1.54, 1.807) is 19.1 Å². The second kappa shape index (κ2) is 9.58. The molecule has 0 saturated carbocycles. The van der Waals surface area contributed by atoms with Crippen LogP contribution in [0.25, 0.3) is 57.5 Å². The third kappa shape index (κ3) is 5.38. The molecule has 1 atom stereocenters. The monoisotopic (exact) mass is 524 g/mol. The van der Waals surface area contributed by atoms with Crippen molar-refractivity contribution in [1.29, 1.82) is 0 Å². The van der Waals surface area contributed by atoms with Gasteiger partial charge in [-0.1, -0.05) is 12.1 Å². The summed E-state index contributed by atoms with van der Waals surface area (Å²) in [6, 6.07) is 21.5. The molecule has 4 N–H and O–H groups in total. The molecule has 5 heterocycles. The Hall–Kier alpha value is -4.23. The highest BCUT2D eigenvalue weighted by atomic mass is 31.2. The van der Waals surface area contributed by atoms with Crippen molar-refractivity contribution in [1.82, 2.24) is 19.9 Å². The molecular weight excluding hydrogens is 499 g/mol. The Bertz CT molecular complexity index is 1800. The second-order valence-electron chi connectivity index (χ2n) is 9.35. The molecule has 1 aromatic carbocycles. The van der Waals surface area contributed by atoms with E-state index in [0.29, 0.717) is 5.75 Å². The van der Waals surface area contributed by atoms with Crippen molar-refractivity contribution in [3.8, 4) is 16.9 Å². The zero-order chi connectivity index (χ0) is 26.3. The maximum absolute atomic E-state index is 11.3. The number of H-pyrrole nitrogens is 2. The molecule has 0 spiro atoms. The Morgan fingerprint density at radius 2 is 1.37 bits per heavy atom. The summed E-state index contributed by atoms with van der Waals surface area (Å²) in [5.41, 5.74) is 8.94. The maximum atomic E-state index is 11.3. The minimum Gasteiger partial charge on any atom is -0.490 e. The van der Waals surface area contributed by atoms with Gasteiger partial charge in [-0.05, 0) is 91.4 Å². The Morgan fingerprint density at radius 3 is 2.03 bits per heavy atom. The molecule has 190 valence electrons. The quantitative estimate of drug-likeness (QED) is 0.197. The molecule has 6 rings (SSSR count). The first-order valence-electron chi connectivity index (χ1n) is 12.2. The average molecular weight is 525 g/mol. The molecule has 0 radical (unpaired) electrons. The number of ether oxygens (including phenoxy) is 1. The number of hydrogen-bond donors (Lipinski definition) is 4. The van der Waals surface area contributed by atoms with Crippen molar-refractivity contribution in [3.63, 3.8) is 0 Å². The topological polar surface area (TPSA) is 124 Å². The van der Waals surface area contributed by atoms with E-state index in [4.69, 9.17) is 14.7 Å². The fourth-order valence-corrected chi connectivity index (χ4v) is 5.36. The van der Waals surface area contributed by atoms with Crippen LogP contribution in [0, 0.1) is 0 Å². The summed E-state index contributed by atoms with van der Waals surface area (Å²) in [7, 11) is -4.16. The minimum atomic E-state index is -4.16. The van der Waals surface area contributed by atoms with Crippen LogP contribution in [0.3, 0.4) is 0 Å². The molecule has 8 nitrogen and oxygen atoms in total. The summed E-state index contributed by atoms with van der Waals surface area (Å²) >= 11 is 0. The molecular formula is C29H25N4O4P. The number of aromatic amines is 2. The highest BCUT2D eigenvalue weighted by Crippen LogP contribution is 2.36. The van der Waals surface area contributed by atoms with Crippen LogP contribution >= 0.6 is 7.60 Å². The SMILES string of the molecule is CC(CP(=O)(O)O)Oc1ccc(-c2c3nc(cc4ccc(cc5nc(cc6ccc2[nH]6)C=C5)[nH]4)C=C3)cc1. The van der Waals surface area contributed by atoms with Crippen LogP contribution < -0.4 is 4.74 Å². The fraction of sp³-hybridized carbons (Fsp3) is 0.103. The van der Waals surface area contributed by atoms with Gasteiger partial charge in [0.05, 0.1) is 28.9 Å². The highest BCUT2D eigenvalue weighted by Gasteiger charge is 2.19. The van der Waals surface area contributed by atoms with E-state index >= 15 is 0 Å². The number of nitrogens with one attached hydrogen (secondary N) is 2. The van der Waals surface area contributed by atoms with Crippen LogP contribution in [0.2, 0.25) is 0 Å². The van der Waals surface area contributed by atoms with Crippen LogP contribution in [0.1, 0.15) is 29.7 Å². The van der Waals surface area contributed by atoms with Gasteiger partial charge in [0.15, 0.2) is 0 Å². The summed E-state index contributed by atoms with van der Waals surface area (Å²) in [5, 5.41) is 0. The predicted molar refractivity (Wildman–Crippen MR) is 151 cm³/mol. The van der Waals surface area contributed by atoms with E-state index in [-0.39, 0.29) is 6.16 Å². The van der Waals surface area contributed by atoms with Crippen molar-refractivity contribution < 1.29 is 19.1 Å². The maximum Gasteiger partial charge on any atom is 0.329 e. The first kappa shape index (κ1) is 24.1. The van der Waals surface area contributed by atoms with Gasteiger partial charge < -0.3 is 24.5 Å². The number of aromatic nitrogens is 4. The van der Waals surface area contributed by atoms with Gasteiger partial charge in [-0.15, -0.1) is 0 Å². The first-order valence-corrected chi connectivity index (χ1v) is 14.0. The number of rotatable bonds is 5. The third-order valence-corrected chi connectivity index (χ3v) is 7.18. The third-order valence-electron chi connectivity index (χ3n) is 6.20. The van der Waals surface area contributed by atoms with Crippen LogP contribution in [0.15, 0.2) is 66.7 Å². The predicted octanol–water partition coefficient (Wildman–Crippen LogP) is 6.27. The molecule has 0 amide bonds. The lowest BCUT2D eigenvalue weighted by Gasteiger charge is -2.15. The zero-order valence-electron chi connectivity index (χ0n) is 20.5. The van der Waals surface area contributed by atoms with Gasteiger partial charge in [0.1, 0.15) is 11.9 Å². The van der Waals surface area contributed by atoms with Gasteiger partial charge in [0.25, 0.3) is 0 Å². The number of fused-ring (bicyclic) bond motifs is 8. The molecule has 0 fully saturated rings. The molecule has 0 saturated heterocycles. The Balaban J connectivity index is 1.49. The van der Waals surface area contributed by atoms with Crippen molar-refractivity contribution >= 4 is 54.0 Å². The Morgan fingerprint density at radius 1 is 0.789 bits per heavy atom. The second-order valence-corrected chi connectivity index (χ2v) is 11.0. The lowest BCUT2D eigenvalue weighted by Crippen LogP contribution is -2.16. The van der Waals surface area contributed by atoms with E-state index in [9.17, 15) is 14.4 Å². The number of hydrogen-bond acceptors (Lipinski definition) is 4. The van der Waals surface area contributed by atoms with Gasteiger partial charge in [-0.2, -0.15) is 0 Å². The summed E-state index contributed by atoms with van der Waals surface area (Å²) in [6.45, 7) is 1.64. The van der Waals surface area contributed by atoms with E-state index in [2.05, 4.69) is 9.97 Å². The van der Waals surface area contributed by atoms with Crippen LogP contribution in [0.5, 0.6) is 5.75 Å².